The highest BCUT2D eigenvalue weighted by Gasteiger charge is 2.49. The molecule has 1 aliphatic heterocycles. The predicted octanol–water partition coefficient (Wildman–Crippen LogP) is 11.4. The number of hydrogen-bond acceptors (Lipinski definition) is 5. The number of allylic oxidation sites excluding steroid dienone is 2. The van der Waals surface area contributed by atoms with Gasteiger partial charge >= 0.3 is 0 Å². The molecule has 2 unspecified atom stereocenters. The van der Waals surface area contributed by atoms with Gasteiger partial charge in [0.15, 0.2) is 0 Å². The molecule has 51 heavy (non-hydrogen) atoms. The lowest BCUT2D eigenvalue weighted by atomic mass is 9.80. The molecule has 0 N–H and O–H groups in total. The van der Waals surface area contributed by atoms with E-state index in [9.17, 15) is 10.5 Å². The molecular weight excluding hydrogens is 629 g/mol. The normalized spacial score (nSPS) is 17.9. The number of fused-ring (bicyclic) bond motifs is 14. The van der Waals surface area contributed by atoms with Crippen LogP contribution < -0.4 is 4.90 Å². The lowest BCUT2D eigenvalue weighted by Crippen LogP contribution is -2.42. The smallest absolute Gasteiger partial charge is 0.137 e. The molecule has 3 aromatic heterocycles. The highest BCUT2D eigenvalue weighted by atomic mass is 16.3. The minimum atomic E-state index is -0.543. The van der Waals surface area contributed by atoms with E-state index >= 15 is 0 Å². The van der Waals surface area contributed by atoms with Gasteiger partial charge in [0.2, 0.25) is 0 Å². The van der Waals surface area contributed by atoms with Crippen molar-refractivity contribution in [3.05, 3.63) is 150 Å². The fourth-order valence-electron chi connectivity index (χ4n) is 8.92. The third-order valence-electron chi connectivity index (χ3n) is 11.1. The summed E-state index contributed by atoms with van der Waals surface area (Å²) in [6, 6.07) is 41.6. The number of furan rings is 2. The van der Waals surface area contributed by atoms with Crippen LogP contribution in [0.25, 0.3) is 71.4 Å². The fraction of sp³-hybridized carbons (Fsp3) is 0.0667. The van der Waals surface area contributed by atoms with Crippen LogP contribution in [-0.4, -0.2) is 10.1 Å². The third-order valence-corrected chi connectivity index (χ3v) is 11.1. The van der Waals surface area contributed by atoms with Crippen molar-refractivity contribution >= 4 is 77.1 Å². The molecule has 11 rings (SSSR count). The lowest BCUT2D eigenvalue weighted by molar-refractivity contribution is 0.542. The number of nitrogens with zero attached hydrogens (tertiary/aromatic N) is 4. The first kappa shape index (κ1) is 27.9. The maximum absolute atomic E-state index is 11.0. The molecule has 0 fully saturated rings. The number of hydrogen-bond donors (Lipinski definition) is 0. The van der Waals surface area contributed by atoms with Crippen molar-refractivity contribution in [1.29, 1.82) is 10.5 Å². The molecule has 6 heteroatoms. The summed E-state index contributed by atoms with van der Waals surface area (Å²) in [7, 11) is 0. The Morgan fingerprint density at radius 2 is 1.25 bits per heavy atom. The van der Waals surface area contributed by atoms with Crippen LogP contribution in [0.3, 0.4) is 0 Å². The van der Waals surface area contributed by atoms with E-state index < -0.39 is 5.54 Å². The summed E-state index contributed by atoms with van der Waals surface area (Å²) in [6.45, 7) is 2.21. The Kier molecular flexibility index (Phi) is 5.35. The van der Waals surface area contributed by atoms with Crippen LogP contribution in [0.4, 0.5) is 11.4 Å². The van der Waals surface area contributed by atoms with Gasteiger partial charge in [0.25, 0.3) is 0 Å². The fourth-order valence-corrected chi connectivity index (χ4v) is 8.92. The van der Waals surface area contributed by atoms with E-state index in [2.05, 4.69) is 95.3 Å². The van der Waals surface area contributed by atoms with Crippen LogP contribution >= 0.6 is 0 Å². The number of rotatable bonds is 2. The summed E-state index contributed by atoms with van der Waals surface area (Å²) in [6.07, 6.45) is 8.61. The Labute approximate surface area is 291 Å². The van der Waals surface area contributed by atoms with Crippen LogP contribution in [0.1, 0.15) is 29.5 Å². The van der Waals surface area contributed by atoms with Crippen molar-refractivity contribution in [3.8, 4) is 17.8 Å². The zero-order valence-electron chi connectivity index (χ0n) is 27.4. The molecule has 238 valence electrons. The van der Waals surface area contributed by atoms with Gasteiger partial charge in [0.1, 0.15) is 34.5 Å². The van der Waals surface area contributed by atoms with Gasteiger partial charge in [-0.1, -0.05) is 85.0 Å². The molecular formula is C45H26N4O2. The molecule has 2 aliphatic rings. The first-order chi connectivity index (χ1) is 25.1. The molecule has 0 saturated heterocycles. The predicted molar refractivity (Wildman–Crippen MR) is 203 cm³/mol. The number of anilines is 2. The first-order valence-corrected chi connectivity index (χ1v) is 17.0. The summed E-state index contributed by atoms with van der Waals surface area (Å²) in [5.41, 5.74) is 8.92. The van der Waals surface area contributed by atoms with E-state index in [0.717, 1.165) is 76.9 Å². The standard InChI is InChI=1S/C45H26N4O2/c1-45-21-9-8-13-33(45)30-18-20-40-42(32-12-4-7-16-38(32)51-40)44(30)49(45)36-23-26(24-46)35(22-27(36)25-47)48-34-14-5-2-10-28(34)29-17-19-39-41(43(29)48)31-11-3-6-15-37(31)50-39/h2-23,33H,1H3. The molecule has 6 aromatic carbocycles. The Bertz CT molecular complexity index is 3160. The third kappa shape index (κ3) is 3.48. The van der Waals surface area contributed by atoms with Gasteiger partial charge in [-0.25, -0.2) is 0 Å². The van der Waals surface area contributed by atoms with E-state index in [1.807, 2.05) is 66.7 Å². The molecule has 1 aliphatic carbocycles. The minimum Gasteiger partial charge on any atom is -0.456 e. The zero-order chi connectivity index (χ0) is 34.0. The van der Waals surface area contributed by atoms with E-state index in [1.54, 1.807) is 0 Å². The second-order valence-corrected chi connectivity index (χ2v) is 13.7. The lowest BCUT2D eigenvalue weighted by Gasteiger charge is -2.40. The van der Waals surface area contributed by atoms with Gasteiger partial charge in [-0.05, 0) is 61.0 Å². The van der Waals surface area contributed by atoms with E-state index in [-0.39, 0.29) is 5.92 Å². The second kappa shape index (κ2) is 9.79. The van der Waals surface area contributed by atoms with Crippen LogP contribution in [0.2, 0.25) is 0 Å². The first-order valence-electron chi connectivity index (χ1n) is 17.0. The Morgan fingerprint density at radius 3 is 2.02 bits per heavy atom. The summed E-state index contributed by atoms with van der Waals surface area (Å²) in [4.78, 5) is 2.27. The van der Waals surface area contributed by atoms with Crippen molar-refractivity contribution < 1.29 is 8.83 Å². The highest BCUT2D eigenvalue weighted by Crippen LogP contribution is 2.58. The molecule has 0 spiro atoms. The molecule has 6 nitrogen and oxygen atoms in total. The molecule has 0 bridgehead atoms. The number of benzene rings is 6. The number of para-hydroxylation sites is 3. The Balaban J connectivity index is 1.25. The Hall–Kier alpha value is -7.02. The monoisotopic (exact) mass is 654 g/mol. The van der Waals surface area contributed by atoms with Gasteiger partial charge in [-0.15, -0.1) is 0 Å². The molecule has 0 saturated carbocycles. The average Bonchev–Trinajstić information content (AvgIpc) is 3.90. The van der Waals surface area contributed by atoms with Crippen molar-refractivity contribution in [1.82, 2.24) is 4.57 Å². The molecule has 9 aromatic rings. The molecule has 4 heterocycles. The summed E-state index contributed by atoms with van der Waals surface area (Å²) >= 11 is 0. The van der Waals surface area contributed by atoms with Crippen molar-refractivity contribution in [3.63, 3.8) is 0 Å². The molecule has 0 radical (unpaired) electrons. The van der Waals surface area contributed by atoms with Gasteiger partial charge in [-0.3, -0.25) is 0 Å². The minimum absolute atomic E-state index is 0.0207. The maximum atomic E-state index is 11.0. The topological polar surface area (TPSA) is 82.0 Å². The highest BCUT2D eigenvalue weighted by molar-refractivity contribution is 6.24. The van der Waals surface area contributed by atoms with Gasteiger partial charge < -0.3 is 18.3 Å². The number of aromatic nitrogens is 1. The van der Waals surface area contributed by atoms with Crippen molar-refractivity contribution in [2.45, 2.75) is 18.4 Å². The molecule has 0 amide bonds. The van der Waals surface area contributed by atoms with Crippen LogP contribution in [0.5, 0.6) is 0 Å². The zero-order valence-corrected chi connectivity index (χ0v) is 27.4. The van der Waals surface area contributed by atoms with Crippen molar-refractivity contribution in [2.75, 3.05) is 4.90 Å². The average molecular weight is 655 g/mol. The van der Waals surface area contributed by atoms with Crippen LogP contribution in [0, 0.1) is 22.7 Å². The van der Waals surface area contributed by atoms with E-state index in [1.165, 1.54) is 0 Å². The quantitative estimate of drug-likeness (QED) is 0.185. The summed E-state index contributed by atoms with van der Waals surface area (Å²) < 4.78 is 14.8. The summed E-state index contributed by atoms with van der Waals surface area (Å²) in [5.74, 6) is 0.0207. The SMILES string of the molecule is CC12C=CC=CC1c1ccc3oc4ccccc4c3c1N2c1cc(C#N)c(-n2c3ccccc3c3ccc4oc5ccccc5c4c32)cc1C#N. The van der Waals surface area contributed by atoms with E-state index in [0.29, 0.717) is 22.5 Å². The van der Waals surface area contributed by atoms with Gasteiger partial charge in [-0.2, -0.15) is 10.5 Å². The second-order valence-electron chi connectivity index (χ2n) is 13.7. The van der Waals surface area contributed by atoms with Crippen LogP contribution in [0.15, 0.2) is 142 Å². The summed E-state index contributed by atoms with van der Waals surface area (Å²) in [5, 5.41) is 28.1. The number of nitriles is 2. The van der Waals surface area contributed by atoms with E-state index in [4.69, 9.17) is 8.83 Å². The van der Waals surface area contributed by atoms with Crippen molar-refractivity contribution in [2.24, 2.45) is 0 Å². The largest absolute Gasteiger partial charge is 0.456 e. The van der Waals surface area contributed by atoms with Crippen LogP contribution in [-0.2, 0) is 0 Å². The van der Waals surface area contributed by atoms with Gasteiger partial charge in [0.05, 0.1) is 55.5 Å². The Morgan fingerprint density at radius 1 is 0.627 bits per heavy atom. The maximum Gasteiger partial charge on any atom is 0.137 e. The van der Waals surface area contributed by atoms with Gasteiger partial charge in [0, 0.05) is 27.5 Å². The molecule has 2 atom stereocenters.